The molecule has 5 nitrogen and oxygen atoms in total. The van der Waals surface area contributed by atoms with Crippen LogP contribution in [0.3, 0.4) is 0 Å². The van der Waals surface area contributed by atoms with Crippen molar-refractivity contribution in [3.63, 3.8) is 0 Å². The summed E-state index contributed by atoms with van der Waals surface area (Å²) in [5.74, 6) is -0.517. The Hall–Kier alpha value is -2.12. The van der Waals surface area contributed by atoms with Gasteiger partial charge in [-0.25, -0.2) is 0 Å². The molecule has 1 heterocycles. The zero-order valence-corrected chi connectivity index (χ0v) is 19.6. The molecule has 2 aromatic rings. The molecule has 2 amide bonds. The lowest BCUT2D eigenvalue weighted by Gasteiger charge is -2.24. The summed E-state index contributed by atoms with van der Waals surface area (Å²) < 4.78 is 0. The molecule has 0 spiro atoms. The second kappa shape index (κ2) is 10.5. The highest BCUT2D eigenvalue weighted by molar-refractivity contribution is 7.80. The summed E-state index contributed by atoms with van der Waals surface area (Å²) in [4.78, 5) is 28.9. The van der Waals surface area contributed by atoms with Gasteiger partial charge < -0.3 is 10.2 Å². The van der Waals surface area contributed by atoms with Crippen LogP contribution in [0.2, 0.25) is 15.1 Å². The molecule has 0 bridgehead atoms. The predicted molar refractivity (Wildman–Crippen MR) is 130 cm³/mol. The Kier molecular flexibility index (Phi) is 7.94. The number of halogens is 3. The molecular weight excluding hydrogens is 477 g/mol. The molecule has 1 saturated heterocycles. The van der Waals surface area contributed by atoms with Crippen molar-refractivity contribution in [2.75, 3.05) is 18.4 Å². The fourth-order valence-corrected chi connectivity index (χ4v) is 4.34. The highest BCUT2D eigenvalue weighted by atomic mass is 35.5. The summed E-state index contributed by atoms with van der Waals surface area (Å²) in [5, 5.41) is 4.83. The van der Waals surface area contributed by atoms with Gasteiger partial charge in [-0.2, -0.15) is 0 Å². The minimum absolute atomic E-state index is 0.0381. The summed E-state index contributed by atoms with van der Waals surface area (Å²) in [5.41, 5.74) is 1.48. The van der Waals surface area contributed by atoms with E-state index < -0.39 is 6.04 Å². The van der Waals surface area contributed by atoms with Crippen LogP contribution in [0.25, 0.3) is 0 Å². The van der Waals surface area contributed by atoms with Crippen molar-refractivity contribution in [3.8, 4) is 0 Å². The van der Waals surface area contributed by atoms with Crippen LogP contribution in [0.1, 0.15) is 12.0 Å². The molecule has 2 aromatic carbocycles. The van der Waals surface area contributed by atoms with Crippen LogP contribution >= 0.6 is 47.0 Å². The van der Waals surface area contributed by atoms with Crippen LogP contribution in [-0.2, 0) is 16.0 Å². The van der Waals surface area contributed by atoms with E-state index in [1.807, 2.05) is 6.07 Å². The SMILES string of the molecule is C=CCN1C(=O)C(CC(=O)Nc2ccc(Cl)cc2)N(CCc2ccc(Cl)cc2Cl)C1=S. The summed E-state index contributed by atoms with van der Waals surface area (Å²) in [7, 11) is 0. The third-order valence-corrected chi connectivity index (χ3v) is 6.15. The maximum Gasteiger partial charge on any atom is 0.252 e. The average Bonchev–Trinajstić information content (AvgIpc) is 2.93. The van der Waals surface area contributed by atoms with E-state index in [0.717, 1.165) is 5.56 Å². The van der Waals surface area contributed by atoms with Gasteiger partial charge in [-0.15, -0.1) is 6.58 Å². The number of benzene rings is 2. The van der Waals surface area contributed by atoms with E-state index >= 15 is 0 Å². The molecule has 1 atom stereocenters. The minimum atomic E-state index is -0.703. The van der Waals surface area contributed by atoms with E-state index in [4.69, 9.17) is 47.0 Å². The Bertz CT molecular complexity index is 1010. The zero-order valence-electron chi connectivity index (χ0n) is 16.5. The molecule has 0 radical (unpaired) electrons. The fourth-order valence-electron chi connectivity index (χ4n) is 3.33. The van der Waals surface area contributed by atoms with Crippen LogP contribution in [0.4, 0.5) is 5.69 Å². The Morgan fingerprint density at radius 1 is 1.13 bits per heavy atom. The molecule has 31 heavy (non-hydrogen) atoms. The second-order valence-corrected chi connectivity index (χ2v) is 8.62. The van der Waals surface area contributed by atoms with Gasteiger partial charge in [-0.05, 0) is 60.6 Å². The van der Waals surface area contributed by atoms with Crippen molar-refractivity contribution in [1.29, 1.82) is 0 Å². The maximum absolute atomic E-state index is 13.0. The number of nitrogens with zero attached hydrogens (tertiary/aromatic N) is 2. The molecule has 3 rings (SSSR count). The molecule has 1 fully saturated rings. The van der Waals surface area contributed by atoms with Gasteiger partial charge >= 0.3 is 0 Å². The van der Waals surface area contributed by atoms with Crippen LogP contribution < -0.4 is 5.32 Å². The largest absolute Gasteiger partial charge is 0.336 e. The smallest absolute Gasteiger partial charge is 0.252 e. The Balaban J connectivity index is 1.74. The number of carbonyl (C=O) groups is 2. The molecule has 1 aliphatic rings. The molecule has 0 aromatic heterocycles. The number of thiocarbonyl (C=S) groups is 1. The van der Waals surface area contributed by atoms with E-state index in [-0.39, 0.29) is 24.8 Å². The summed E-state index contributed by atoms with van der Waals surface area (Å²) >= 11 is 23.7. The second-order valence-electron chi connectivity index (χ2n) is 6.97. The molecule has 162 valence electrons. The first-order valence-electron chi connectivity index (χ1n) is 9.52. The molecule has 0 aliphatic carbocycles. The molecule has 1 unspecified atom stereocenters. The number of hydrogen-bond donors (Lipinski definition) is 1. The summed E-state index contributed by atoms with van der Waals surface area (Å²) in [6, 6.07) is 11.3. The predicted octanol–water partition coefficient (Wildman–Crippen LogP) is 5.20. The number of amides is 2. The zero-order chi connectivity index (χ0) is 22.5. The topological polar surface area (TPSA) is 52.7 Å². The lowest BCUT2D eigenvalue weighted by molar-refractivity contribution is -0.130. The van der Waals surface area contributed by atoms with Crippen molar-refractivity contribution < 1.29 is 9.59 Å². The van der Waals surface area contributed by atoms with E-state index in [0.29, 0.717) is 38.8 Å². The molecule has 0 saturated carbocycles. The lowest BCUT2D eigenvalue weighted by Crippen LogP contribution is -2.39. The first kappa shape index (κ1) is 23.5. The highest BCUT2D eigenvalue weighted by Gasteiger charge is 2.42. The Morgan fingerprint density at radius 3 is 2.45 bits per heavy atom. The van der Waals surface area contributed by atoms with Gasteiger partial charge in [0.1, 0.15) is 6.04 Å². The molecular formula is C22H20Cl3N3O2S. The summed E-state index contributed by atoms with van der Waals surface area (Å²) in [6.07, 6.45) is 2.11. The third kappa shape index (κ3) is 5.77. The van der Waals surface area contributed by atoms with Crippen LogP contribution in [-0.4, -0.2) is 45.9 Å². The lowest BCUT2D eigenvalue weighted by atomic mass is 10.1. The van der Waals surface area contributed by atoms with Gasteiger partial charge in [0, 0.05) is 33.8 Å². The summed E-state index contributed by atoms with van der Waals surface area (Å²) in [6.45, 7) is 4.40. The number of rotatable bonds is 8. The normalized spacial score (nSPS) is 16.0. The minimum Gasteiger partial charge on any atom is -0.336 e. The van der Waals surface area contributed by atoms with Crippen molar-refractivity contribution in [1.82, 2.24) is 9.80 Å². The van der Waals surface area contributed by atoms with Gasteiger partial charge in [-0.3, -0.25) is 14.5 Å². The van der Waals surface area contributed by atoms with E-state index in [9.17, 15) is 9.59 Å². The van der Waals surface area contributed by atoms with Crippen molar-refractivity contribution in [3.05, 3.63) is 75.8 Å². The van der Waals surface area contributed by atoms with E-state index in [2.05, 4.69) is 11.9 Å². The van der Waals surface area contributed by atoms with Crippen molar-refractivity contribution >= 4 is 69.6 Å². The van der Waals surface area contributed by atoms with Gasteiger partial charge in [0.25, 0.3) is 5.91 Å². The average molecular weight is 497 g/mol. The molecule has 1 aliphatic heterocycles. The van der Waals surface area contributed by atoms with E-state index in [1.54, 1.807) is 47.4 Å². The van der Waals surface area contributed by atoms with Gasteiger partial charge in [0.2, 0.25) is 5.91 Å². The van der Waals surface area contributed by atoms with Crippen LogP contribution in [0, 0.1) is 0 Å². The highest BCUT2D eigenvalue weighted by Crippen LogP contribution is 2.25. The number of carbonyl (C=O) groups excluding carboxylic acids is 2. The van der Waals surface area contributed by atoms with E-state index in [1.165, 1.54) is 4.90 Å². The number of anilines is 1. The first-order chi connectivity index (χ1) is 14.8. The van der Waals surface area contributed by atoms with Crippen molar-refractivity contribution in [2.24, 2.45) is 0 Å². The van der Waals surface area contributed by atoms with Crippen LogP contribution in [0.5, 0.6) is 0 Å². The fraction of sp³-hybridized carbons (Fsp3) is 0.227. The number of hydrogen-bond acceptors (Lipinski definition) is 3. The van der Waals surface area contributed by atoms with Gasteiger partial charge in [0.15, 0.2) is 5.11 Å². The maximum atomic E-state index is 13.0. The first-order valence-corrected chi connectivity index (χ1v) is 11.1. The Morgan fingerprint density at radius 2 is 1.81 bits per heavy atom. The van der Waals surface area contributed by atoms with Crippen LogP contribution in [0.15, 0.2) is 55.1 Å². The molecule has 9 heteroatoms. The van der Waals surface area contributed by atoms with Gasteiger partial charge in [0.05, 0.1) is 6.42 Å². The third-order valence-electron chi connectivity index (χ3n) is 4.86. The Labute approximate surface area is 201 Å². The molecule has 1 N–H and O–H groups in total. The standard InChI is InChI=1S/C22H20Cl3N3O2S/c1-2-10-28-21(30)19(13-20(29)26-17-7-5-15(23)6-8-17)27(22(28)31)11-9-14-3-4-16(24)12-18(14)25/h2-8,12,19H,1,9-11,13H2,(H,26,29). The quantitative estimate of drug-likeness (QED) is 0.403. The number of nitrogens with one attached hydrogen (secondary N) is 1. The van der Waals surface area contributed by atoms with Crippen molar-refractivity contribution in [2.45, 2.75) is 18.9 Å². The monoisotopic (exact) mass is 495 g/mol. The van der Waals surface area contributed by atoms with Gasteiger partial charge in [-0.1, -0.05) is 46.9 Å².